The van der Waals surface area contributed by atoms with E-state index in [2.05, 4.69) is 0 Å². The van der Waals surface area contributed by atoms with E-state index in [-0.39, 0.29) is 0 Å². The predicted octanol–water partition coefficient (Wildman–Crippen LogP) is 4.35. The van der Waals surface area contributed by atoms with Gasteiger partial charge >= 0.3 is 0 Å². The molecule has 0 aliphatic heterocycles. The fourth-order valence-electron chi connectivity index (χ4n) is 2.29. The van der Waals surface area contributed by atoms with E-state index in [1.165, 1.54) is 21.6 Å². The van der Waals surface area contributed by atoms with Crippen LogP contribution < -0.4 is 0 Å². The maximum absolute atomic E-state index is 11.3. The third kappa shape index (κ3) is 3.83. The molecule has 0 bridgehead atoms. The normalized spacial score (nSPS) is 10.2. The highest BCUT2D eigenvalue weighted by Crippen LogP contribution is 2.43. The summed E-state index contributed by atoms with van der Waals surface area (Å²) in [6.07, 6.45) is 2.78. The van der Waals surface area contributed by atoms with Crippen molar-refractivity contribution in [1.29, 1.82) is 0 Å². The number of carbonyl (C=O) groups excluding carboxylic acids is 4. The predicted molar refractivity (Wildman–Crippen MR) is 95.6 cm³/mol. The molecular formula is C18H14O4S2. The zero-order valence-corrected chi connectivity index (χ0v) is 14.7. The first-order valence-electron chi connectivity index (χ1n) is 6.98. The number of benzene rings is 2. The molecular weight excluding hydrogens is 344 g/mol. The number of aryl methyl sites for hydroxylation is 2. The summed E-state index contributed by atoms with van der Waals surface area (Å²) in [5.41, 5.74) is 3.24. The van der Waals surface area contributed by atoms with Crippen LogP contribution in [0, 0.1) is 13.8 Å². The van der Waals surface area contributed by atoms with Crippen LogP contribution in [-0.2, 0) is 0 Å². The molecule has 4 nitrogen and oxygen atoms in total. The second-order valence-electron chi connectivity index (χ2n) is 5.18. The van der Waals surface area contributed by atoms with Crippen molar-refractivity contribution in [1.82, 2.24) is 0 Å². The molecule has 24 heavy (non-hydrogen) atoms. The van der Waals surface area contributed by atoms with Gasteiger partial charge in [-0.3, -0.25) is 19.2 Å². The van der Waals surface area contributed by atoms with Gasteiger partial charge in [-0.15, -0.1) is 0 Å². The Labute approximate surface area is 147 Å². The zero-order chi connectivity index (χ0) is 17.7. The molecule has 122 valence electrons. The van der Waals surface area contributed by atoms with Crippen molar-refractivity contribution in [3.8, 4) is 0 Å². The molecule has 0 fully saturated rings. The van der Waals surface area contributed by atoms with E-state index in [4.69, 9.17) is 0 Å². The van der Waals surface area contributed by atoms with Crippen LogP contribution in [0.15, 0.2) is 34.1 Å². The summed E-state index contributed by atoms with van der Waals surface area (Å²) in [6.45, 7) is 3.60. The molecule has 0 radical (unpaired) electrons. The van der Waals surface area contributed by atoms with Crippen molar-refractivity contribution >= 4 is 46.7 Å². The lowest BCUT2D eigenvalue weighted by Gasteiger charge is -2.11. The Kier molecular flexibility index (Phi) is 6.11. The molecule has 2 aromatic carbocycles. The summed E-state index contributed by atoms with van der Waals surface area (Å²) in [7, 11) is 2.37. The van der Waals surface area contributed by atoms with Crippen LogP contribution in [-0.4, -0.2) is 25.1 Å². The highest BCUT2D eigenvalue weighted by Gasteiger charge is 2.15. The van der Waals surface area contributed by atoms with Gasteiger partial charge < -0.3 is 0 Å². The monoisotopic (exact) mass is 358 g/mol. The number of rotatable bonds is 7. The number of aldehydes is 4. The third-order valence-corrected chi connectivity index (χ3v) is 5.91. The zero-order valence-electron chi connectivity index (χ0n) is 13.1. The Morgan fingerprint density at radius 1 is 0.583 bits per heavy atom. The lowest BCUT2D eigenvalue weighted by Crippen LogP contribution is -1.95. The van der Waals surface area contributed by atoms with Crippen molar-refractivity contribution in [3.05, 3.63) is 57.6 Å². The van der Waals surface area contributed by atoms with Gasteiger partial charge in [0.25, 0.3) is 0 Å². The van der Waals surface area contributed by atoms with Gasteiger partial charge in [-0.2, -0.15) is 0 Å². The lowest BCUT2D eigenvalue weighted by atomic mass is 10.1. The standard InChI is InChI=1S/C18H14O4S2/c1-11-3-13(7-19)17(14(4-11)8-20)23-24-18-15(9-21)5-12(2)6-16(18)10-22/h3-10H,1-2H3. The Morgan fingerprint density at radius 3 is 1.04 bits per heavy atom. The van der Waals surface area contributed by atoms with Gasteiger partial charge in [0.05, 0.1) is 0 Å². The first-order chi connectivity index (χ1) is 11.5. The fourth-order valence-corrected chi connectivity index (χ4v) is 4.92. The summed E-state index contributed by atoms with van der Waals surface area (Å²) in [6, 6.07) is 6.78. The third-order valence-electron chi connectivity index (χ3n) is 3.30. The Bertz CT molecular complexity index is 700. The van der Waals surface area contributed by atoms with Crippen molar-refractivity contribution in [2.75, 3.05) is 0 Å². The minimum absolute atomic E-state index is 0.405. The second kappa shape index (κ2) is 8.08. The average molecular weight is 358 g/mol. The van der Waals surface area contributed by atoms with Crippen molar-refractivity contribution in [2.45, 2.75) is 23.6 Å². The maximum Gasteiger partial charge on any atom is 0.151 e. The number of hydrogen-bond donors (Lipinski definition) is 0. The van der Waals surface area contributed by atoms with E-state index in [0.717, 1.165) is 11.1 Å². The van der Waals surface area contributed by atoms with E-state index >= 15 is 0 Å². The van der Waals surface area contributed by atoms with Crippen molar-refractivity contribution in [2.24, 2.45) is 0 Å². The largest absolute Gasteiger partial charge is 0.298 e. The van der Waals surface area contributed by atoms with Crippen LogP contribution in [0.4, 0.5) is 0 Å². The fraction of sp³-hybridized carbons (Fsp3) is 0.111. The summed E-state index contributed by atoms with van der Waals surface area (Å²) in [4.78, 5) is 46.2. The Hall–Kier alpha value is -2.18. The molecule has 0 spiro atoms. The molecule has 0 heterocycles. The summed E-state index contributed by atoms with van der Waals surface area (Å²) in [5.74, 6) is 0. The molecule has 0 unspecified atom stereocenters. The van der Waals surface area contributed by atoms with E-state index in [1.807, 2.05) is 0 Å². The first kappa shape index (κ1) is 18.2. The molecule has 0 saturated carbocycles. The van der Waals surface area contributed by atoms with E-state index < -0.39 is 0 Å². The molecule has 0 aliphatic carbocycles. The highest BCUT2D eigenvalue weighted by molar-refractivity contribution is 8.76. The molecule has 2 aromatic rings. The van der Waals surface area contributed by atoms with Crippen LogP contribution in [0.25, 0.3) is 0 Å². The van der Waals surface area contributed by atoms with Gasteiger partial charge in [0, 0.05) is 32.0 Å². The number of hydrogen-bond acceptors (Lipinski definition) is 6. The topological polar surface area (TPSA) is 68.3 Å². The first-order valence-corrected chi connectivity index (χ1v) is 9.13. The lowest BCUT2D eigenvalue weighted by molar-refractivity contribution is 0.110. The molecule has 0 amide bonds. The summed E-state index contributed by atoms with van der Waals surface area (Å²) < 4.78 is 0. The minimum atomic E-state index is 0.405. The van der Waals surface area contributed by atoms with Crippen molar-refractivity contribution < 1.29 is 19.2 Å². The molecule has 6 heteroatoms. The molecule has 0 aromatic heterocycles. The van der Waals surface area contributed by atoms with E-state index in [9.17, 15) is 19.2 Å². The van der Waals surface area contributed by atoms with Gasteiger partial charge in [0.2, 0.25) is 0 Å². The smallest absolute Gasteiger partial charge is 0.151 e. The molecule has 0 N–H and O–H groups in total. The SMILES string of the molecule is Cc1cc(C=O)c(SSc2c(C=O)cc(C)cc2C=O)c(C=O)c1. The summed E-state index contributed by atoms with van der Waals surface area (Å²) in [5, 5.41) is 0. The molecule has 0 atom stereocenters. The van der Waals surface area contributed by atoms with Gasteiger partial charge in [0.1, 0.15) is 0 Å². The maximum atomic E-state index is 11.3. The van der Waals surface area contributed by atoms with Crippen LogP contribution in [0.2, 0.25) is 0 Å². The van der Waals surface area contributed by atoms with E-state index in [0.29, 0.717) is 57.2 Å². The van der Waals surface area contributed by atoms with Gasteiger partial charge in [-0.1, -0.05) is 21.6 Å². The Balaban J connectivity index is 2.46. The van der Waals surface area contributed by atoms with Gasteiger partial charge in [-0.05, 0) is 49.2 Å². The van der Waals surface area contributed by atoms with Crippen LogP contribution >= 0.6 is 21.6 Å². The van der Waals surface area contributed by atoms with Crippen LogP contribution in [0.5, 0.6) is 0 Å². The van der Waals surface area contributed by atoms with Gasteiger partial charge in [-0.25, -0.2) is 0 Å². The molecule has 2 rings (SSSR count). The number of carbonyl (C=O) groups is 4. The Morgan fingerprint density at radius 2 is 0.833 bits per heavy atom. The van der Waals surface area contributed by atoms with Crippen LogP contribution in [0.1, 0.15) is 52.6 Å². The van der Waals surface area contributed by atoms with Crippen LogP contribution in [0.3, 0.4) is 0 Å². The highest BCUT2D eigenvalue weighted by atomic mass is 33.1. The van der Waals surface area contributed by atoms with Crippen molar-refractivity contribution in [3.63, 3.8) is 0 Å². The molecule has 0 aliphatic rings. The minimum Gasteiger partial charge on any atom is -0.298 e. The summed E-state index contributed by atoms with van der Waals surface area (Å²) >= 11 is 0. The van der Waals surface area contributed by atoms with Gasteiger partial charge in [0.15, 0.2) is 25.1 Å². The van der Waals surface area contributed by atoms with E-state index in [1.54, 1.807) is 38.1 Å². The quantitative estimate of drug-likeness (QED) is 0.541. The second-order valence-corrected chi connectivity index (χ2v) is 7.33. The average Bonchev–Trinajstić information content (AvgIpc) is 2.59. The molecule has 0 saturated heterocycles.